The third kappa shape index (κ3) is 4.44. The van der Waals surface area contributed by atoms with Gasteiger partial charge in [0.1, 0.15) is 16.5 Å². The number of hydrogen-bond acceptors (Lipinski definition) is 9. The van der Waals surface area contributed by atoms with E-state index in [0.717, 1.165) is 12.8 Å². The van der Waals surface area contributed by atoms with Crippen molar-refractivity contribution in [3.8, 4) is 5.75 Å². The Morgan fingerprint density at radius 2 is 2.17 bits per heavy atom. The Morgan fingerprint density at radius 3 is 2.80 bits per heavy atom. The lowest BCUT2D eigenvalue weighted by atomic mass is 9.98. The van der Waals surface area contributed by atoms with Gasteiger partial charge in [0.25, 0.3) is 0 Å². The predicted octanol–water partition coefficient (Wildman–Crippen LogP) is 2.33. The maximum absolute atomic E-state index is 13.0. The number of ether oxygens (including phenoxy) is 2. The summed E-state index contributed by atoms with van der Waals surface area (Å²) in [6.07, 6.45) is 2.66. The first-order chi connectivity index (χ1) is 14.3. The Morgan fingerprint density at radius 1 is 1.40 bits per heavy atom. The third-order valence-electron chi connectivity index (χ3n) is 4.82. The highest BCUT2D eigenvalue weighted by molar-refractivity contribution is 7.91. The molecule has 1 aliphatic heterocycles. The summed E-state index contributed by atoms with van der Waals surface area (Å²) in [5, 5.41) is 0.160. The van der Waals surface area contributed by atoms with Crippen LogP contribution in [0.4, 0.5) is 11.8 Å². The van der Waals surface area contributed by atoms with Crippen LogP contribution in [0.1, 0.15) is 19.8 Å². The van der Waals surface area contributed by atoms with Crippen LogP contribution in [0.2, 0.25) is 5.02 Å². The van der Waals surface area contributed by atoms with E-state index in [1.165, 1.54) is 31.5 Å². The maximum Gasteiger partial charge on any atom is 0.310 e. The fourth-order valence-electron chi connectivity index (χ4n) is 3.29. The molecule has 0 spiro atoms. The third-order valence-corrected chi connectivity index (χ3v) is 6.88. The minimum Gasteiger partial charge on any atom is -0.495 e. The second kappa shape index (κ2) is 9.05. The zero-order chi connectivity index (χ0) is 21.9. The number of sulfone groups is 1. The Hall–Kier alpha value is -2.59. The summed E-state index contributed by atoms with van der Waals surface area (Å²) in [7, 11) is -2.54. The average Bonchev–Trinajstić information content (AvgIpc) is 2.73. The fourth-order valence-corrected chi connectivity index (χ4v) is 4.90. The van der Waals surface area contributed by atoms with Crippen molar-refractivity contribution < 1.29 is 22.7 Å². The minimum atomic E-state index is -3.98. The van der Waals surface area contributed by atoms with Crippen LogP contribution in [-0.4, -0.2) is 51.2 Å². The molecule has 2 heterocycles. The normalized spacial score (nSPS) is 16.9. The topological polar surface area (TPSA) is 125 Å². The first-order valence-electron chi connectivity index (χ1n) is 9.40. The second-order valence-electron chi connectivity index (χ2n) is 6.76. The van der Waals surface area contributed by atoms with E-state index < -0.39 is 9.84 Å². The van der Waals surface area contributed by atoms with Crippen LogP contribution in [0.3, 0.4) is 0 Å². The number of methoxy groups -OCH3 is 1. The summed E-state index contributed by atoms with van der Waals surface area (Å²) in [6.45, 7) is 3.10. The van der Waals surface area contributed by atoms with Gasteiger partial charge in [-0.3, -0.25) is 4.79 Å². The molecule has 162 valence electrons. The summed E-state index contributed by atoms with van der Waals surface area (Å²) in [6, 6.07) is 4.13. The molecule has 2 N–H and O–H groups in total. The van der Waals surface area contributed by atoms with Crippen LogP contribution in [0, 0.1) is 5.92 Å². The Bertz CT molecular complexity index is 1050. The van der Waals surface area contributed by atoms with Crippen molar-refractivity contribution in [3.05, 3.63) is 29.4 Å². The van der Waals surface area contributed by atoms with Gasteiger partial charge in [-0.25, -0.2) is 13.4 Å². The number of hydrogen-bond donors (Lipinski definition) is 1. The first kappa shape index (κ1) is 22.1. The molecule has 1 aliphatic rings. The Labute approximate surface area is 180 Å². The van der Waals surface area contributed by atoms with Crippen LogP contribution in [0.25, 0.3) is 0 Å². The monoisotopic (exact) mass is 454 g/mol. The van der Waals surface area contributed by atoms with E-state index in [1.807, 2.05) is 4.90 Å². The quantitative estimate of drug-likeness (QED) is 0.654. The van der Waals surface area contributed by atoms with E-state index in [1.54, 1.807) is 6.92 Å². The largest absolute Gasteiger partial charge is 0.495 e. The predicted molar refractivity (Wildman–Crippen MR) is 111 cm³/mol. The van der Waals surface area contributed by atoms with Gasteiger partial charge in [-0.15, -0.1) is 0 Å². The van der Waals surface area contributed by atoms with Crippen molar-refractivity contribution in [3.63, 3.8) is 0 Å². The minimum absolute atomic E-state index is 0.0447. The zero-order valence-corrected chi connectivity index (χ0v) is 18.2. The van der Waals surface area contributed by atoms with Gasteiger partial charge in [-0.05, 0) is 38.0 Å². The molecule has 30 heavy (non-hydrogen) atoms. The summed E-state index contributed by atoms with van der Waals surface area (Å²) in [4.78, 5) is 22.0. The molecule has 1 saturated heterocycles. The number of benzene rings is 1. The highest BCUT2D eigenvalue weighted by Gasteiger charge is 2.29. The second-order valence-corrected chi connectivity index (χ2v) is 9.08. The molecule has 1 atom stereocenters. The number of esters is 1. The van der Waals surface area contributed by atoms with Crippen LogP contribution >= 0.6 is 11.6 Å². The molecular weight excluding hydrogens is 432 g/mol. The number of halogens is 1. The lowest BCUT2D eigenvalue weighted by molar-refractivity contribution is -0.148. The van der Waals surface area contributed by atoms with Gasteiger partial charge >= 0.3 is 5.97 Å². The van der Waals surface area contributed by atoms with Gasteiger partial charge in [0.2, 0.25) is 15.8 Å². The number of carbonyl (C=O) groups excluding carboxylic acids is 1. The first-order valence-corrected chi connectivity index (χ1v) is 11.3. The molecule has 1 unspecified atom stereocenters. The molecule has 0 saturated carbocycles. The lowest BCUT2D eigenvalue weighted by Crippen LogP contribution is -2.40. The van der Waals surface area contributed by atoms with Gasteiger partial charge in [0, 0.05) is 13.1 Å². The van der Waals surface area contributed by atoms with E-state index in [9.17, 15) is 13.2 Å². The molecule has 1 fully saturated rings. The number of nitrogen functional groups attached to an aromatic ring is 1. The summed E-state index contributed by atoms with van der Waals surface area (Å²) in [5.41, 5.74) is 5.98. The fraction of sp³-hybridized carbons (Fsp3) is 0.421. The molecule has 0 radical (unpaired) electrons. The van der Waals surface area contributed by atoms with Crippen LogP contribution in [0.15, 0.2) is 34.2 Å². The van der Waals surface area contributed by atoms with E-state index in [0.29, 0.717) is 25.4 Å². The van der Waals surface area contributed by atoms with E-state index >= 15 is 0 Å². The average molecular weight is 455 g/mol. The highest BCUT2D eigenvalue weighted by atomic mass is 35.5. The summed E-state index contributed by atoms with van der Waals surface area (Å²) in [5.74, 6) is -0.0889. The van der Waals surface area contributed by atoms with Crippen molar-refractivity contribution in [2.75, 3.05) is 37.4 Å². The van der Waals surface area contributed by atoms with Crippen molar-refractivity contribution in [1.82, 2.24) is 9.97 Å². The Kier molecular flexibility index (Phi) is 6.67. The summed E-state index contributed by atoms with van der Waals surface area (Å²) >= 11 is 6.05. The number of nitrogens with two attached hydrogens (primary N) is 1. The molecule has 2 aromatic rings. The molecule has 0 amide bonds. The van der Waals surface area contributed by atoms with E-state index in [-0.39, 0.29) is 38.5 Å². The Balaban J connectivity index is 1.86. The highest BCUT2D eigenvalue weighted by Crippen LogP contribution is 2.32. The van der Waals surface area contributed by atoms with Gasteiger partial charge in [0.15, 0.2) is 0 Å². The number of aromatic nitrogens is 2. The lowest BCUT2D eigenvalue weighted by Gasteiger charge is -2.31. The molecule has 9 nitrogen and oxygen atoms in total. The van der Waals surface area contributed by atoms with Gasteiger partial charge < -0.3 is 20.1 Å². The maximum atomic E-state index is 13.0. The van der Waals surface area contributed by atoms with Crippen molar-refractivity contribution in [2.45, 2.75) is 29.6 Å². The van der Waals surface area contributed by atoms with Crippen molar-refractivity contribution >= 4 is 39.2 Å². The molecule has 3 rings (SSSR count). The van der Waals surface area contributed by atoms with Crippen LogP contribution in [0.5, 0.6) is 5.75 Å². The number of carbonyl (C=O) groups is 1. The molecular formula is C19H23ClN4O5S. The number of anilines is 2. The van der Waals surface area contributed by atoms with Gasteiger partial charge in [0.05, 0.1) is 35.7 Å². The molecule has 1 aromatic heterocycles. The number of piperidine rings is 1. The van der Waals surface area contributed by atoms with Crippen molar-refractivity contribution in [2.24, 2.45) is 5.92 Å². The molecule has 1 aromatic carbocycles. The van der Waals surface area contributed by atoms with Gasteiger partial charge in [-0.1, -0.05) is 11.6 Å². The zero-order valence-electron chi connectivity index (χ0n) is 16.7. The van der Waals surface area contributed by atoms with E-state index in [4.69, 9.17) is 26.8 Å². The number of nitrogens with zero attached hydrogens (tertiary/aromatic N) is 3. The van der Waals surface area contributed by atoms with Crippen molar-refractivity contribution in [1.29, 1.82) is 0 Å². The number of rotatable bonds is 6. The molecule has 0 aliphatic carbocycles. The van der Waals surface area contributed by atoms with E-state index in [2.05, 4.69) is 9.97 Å². The van der Waals surface area contributed by atoms with Crippen LogP contribution in [-0.2, 0) is 19.4 Å². The van der Waals surface area contributed by atoms with Crippen LogP contribution < -0.4 is 15.4 Å². The summed E-state index contributed by atoms with van der Waals surface area (Å²) < 4.78 is 36.1. The SMILES string of the molecule is CCOC(=O)C1CCCN(c2ncc(S(=O)(=O)c3ccc(OC)c(Cl)c3)c(N)n2)C1. The van der Waals surface area contributed by atoms with Gasteiger partial charge in [-0.2, -0.15) is 4.98 Å². The molecule has 11 heteroatoms. The molecule has 0 bridgehead atoms. The standard InChI is InChI=1S/C19H23ClN4O5S/c1-3-29-18(25)12-5-4-8-24(11-12)19-22-10-16(17(21)23-19)30(26,27)13-6-7-15(28-2)14(20)9-13/h6-7,9-10,12H,3-5,8,11H2,1-2H3,(H2,21,22,23). The smallest absolute Gasteiger partial charge is 0.310 e.